The number of halogens is 2. The summed E-state index contributed by atoms with van der Waals surface area (Å²) in [5.41, 5.74) is 1.95. The van der Waals surface area contributed by atoms with Crippen molar-refractivity contribution in [1.82, 2.24) is 0 Å². The number of ether oxygens (including phenoxy) is 1. The van der Waals surface area contributed by atoms with E-state index in [1.807, 2.05) is 25.2 Å². The van der Waals surface area contributed by atoms with E-state index in [1.165, 1.54) is 0 Å². The van der Waals surface area contributed by atoms with Crippen LogP contribution < -0.4 is 9.64 Å². The molecule has 0 amide bonds. The van der Waals surface area contributed by atoms with Gasteiger partial charge in [-0.25, -0.2) is 0 Å². The van der Waals surface area contributed by atoms with Gasteiger partial charge in [-0.2, -0.15) is 0 Å². The molecule has 72 valence electrons. The Morgan fingerprint density at radius 2 is 2.15 bits per heavy atom. The molecule has 0 aliphatic carbocycles. The van der Waals surface area contributed by atoms with Crippen LogP contribution in [0.3, 0.4) is 0 Å². The van der Waals surface area contributed by atoms with Crippen LogP contribution in [0.15, 0.2) is 22.7 Å². The third-order valence-corrected chi connectivity index (χ3v) is 3.13. The molecule has 0 radical (unpaired) electrons. The average molecular weight is 309 g/mol. The van der Waals surface area contributed by atoms with E-state index >= 15 is 0 Å². The van der Waals surface area contributed by atoms with E-state index in [9.17, 15) is 0 Å². The zero-order valence-corrected chi connectivity index (χ0v) is 10.7. The van der Waals surface area contributed by atoms with E-state index in [4.69, 9.17) is 4.74 Å². The smallest absolute Gasteiger partial charge is 0.133 e. The van der Waals surface area contributed by atoms with E-state index in [2.05, 4.69) is 36.8 Å². The Hall–Kier alpha value is -0.220. The Balaban J connectivity index is 2.95. The van der Waals surface area contributed by atoms with Crippen LogP contribution in [-0.2, 0) is 0 Å². The number of benzene rings is 1. The van der Waals surface area contributed by atoms with Crippen molar-refractivity contribution in [3.63, 3.8) is 0 Å². The normalized spacial score (nSPS) is 9.85. The lowest BCUT2D eigenvalue weighted by atomic mass is 10.3. The second-order valence-electron chi connectivity index (χ2n) is 2.64. The molecule has 0 spiro atoms. The van der Waals surface area contributed by atoms with Gasteiger partial charge in [0, 0.05) is 12.7 Å². The van der Waals surface area contributed by atoms with Crippen LogP contribution in [0.25, 0.3) is 0 Å². The molecule has 1 aromatic rings. The first-order valence-electron chi connectivity index (χ1n) is 3.79. The highest BCUT2D eigenvalue weighted by atomic mass is 79.9. The SMILES string of the molecule is COc1ccc(N(C)CBr)cc1Br. The van der Waals surface area contributed by atoms with Crippen LogP contribution in [-0.4, -0.2) is 19.6 Å². The molecule has 1 rings (SSSR count). The van der Waals surface area contributed by atoms with Gasteiger partial charge in [-0.3, -0.25) is 0 Å². The molecule has 1 aromatic carbocycles. The maximum atomic E-state index is 5.14. The van der Waals surface area contributed by atoms with Crippen LogP contribution in [0.1, 0.15) is 0 Å². The molecule has 0 saturated carbocycles. The molecule has 0 aromatic heterocycles. The maximum Gasteiger partial charge on any atom is 0.133 e. The van der Waals surface area contributed by atoms with E-state index in [-0.39, 0.29) is 0 Å². The summed E-state index contributed by atoms with van der Waals surface area (Å²) >= 11 is 6.83. The first-order valence-corrected chi connectivity index (χ1v) is 5.71. The second-order valence-corrected chi connectivity index (χ2v) is 3.99. The molecule has 0 aliphatic heterocycles. The fraction of sp³-hybridized carbons (Fsp3) is 0.333. The summed E-state index contributed by atoms with van der Waals surface area (Å²) in [5.74, 6) is 0.853. The van der Waals surface area contributed by atoms with Gasteiger partial charge in [0.1, 0.15) is 5.75 Å². The maximum absolute atomic E-state index is 5.14. The van der Waals surface area contributed by atoms with Gasteiger partial charge in [0.25, 0.3) is 0 Å². The highest BCUT2D eigenvalue weighted by Gasteiger charge is 2.03. The minimum absolute atomic E-state index is 0.811. The topological polar surface area (TPSA) is 12.5 Å². The second kappa shape index (κ2) is 4.86. The summed E-state index contributed by atoms with van der Waals surface area (Å²) in [6, 6.07) is 5.99. The van der Waals surface area contributed by atoms with Crippen molar-refractivity contribution in [1.29, 1.82) is 0 Å². The molecule has 0 unspecified atom stereocenters. The first-order chi connectivity index (χ1) is 6.19. The summed E-state index contributed by atoms with van der Waals surface area (Å²) < 4.78 is 6.11. The minimum Gasteiger partial charge on any atom is -0.496 e. The molecule has 13 heavy (non-hydrogen) atoms. The predicted octanol–water partition coefficient (Wildman–Crippen LogP) is 3.25. The molecule has 2 nitrogen and oxygen atoms in total. The largest absolute Gasteiger partial charge is 0.496 e. The summed E-state index contributed by atoms with van der Waals surface area (Å²) in [6.07, 6.45) is 0. The minimum atomic E-state index is 0.811. The average Bonchev–Trinajstić information content (AvgIpc) is 2.16. The van der Waals surface area contributed by atoms with Gasteiger partial charge in [0.2, 0.25) is 0 Å². The number of methoxy groups -OCH3 is 1. The van der Waals surface area contributed by atoms with Crippen molar-refractivity contribution in [2.24, 2.45) is 0 Å². The lowest BCUT2D eigenvalue weighted by Crippen LogP contribution is -2.13. The Bertz CT molecular complexity index is 291. The zero-order chi connectivity index (χ0) is 9.84. The first kappa shape index (κ1) is 10.9. The monoisotopic (exact) mass is 307 g/mol. The Labute approximate surface area is 95.1 Å². The number of alkyl halides is 1. The van der Waals surface area contributed by atoms with Crippen molar-refractivity contribution in [3.8, 4) is 5.75 Å². The zero-order valence-electron chi connectivity index (χ0n) is 7.55. The van der Waals surface area contributed by atoms with Crippen LogP contribution in [0.2, 0.25) is 0 Å². The highest BCUT2D eigenvalue weighted by Crippen LogP contribution is 2.29. The molecular formula is C9H11Br2NO. The van der Waals surface area contributed by atoms with Gasteiger partial charge >= 0.3 is 0 Å². The fourth-order valence-corrected chi connectivity index (χ4v) is 1.78. The van der Waals surface area contributed by atoms with Crippen molar-refractivity contribution < 1.29 is 4.74 Å². The summed E-state index contributed by atoms with van der Waals surface area (Å²) in [4.78, 5) is 2.09. The van der Waals surface area contributed by atoms with E-state index in [0.29, 0.717) is 0 Å². The highest BCUT2D eigenvalue weighted by molar-refractivity contribution is 9.10. The number of hydrogen-bond acceptors (Lipinski definition) is 2. The van der Waals surface area contributed by atoms with Gasteiger partial charge in [-0.15, -0.1) is 0 Å². The van der Waals surface area contributed by atoms with Crippen LogP contribution in [0, 0.1) is 0 Å². The van der Waals surface area contributed by atoms with Gasteiger partial charge in [0.15, 0.2) is 0 Å². The number of nitrogens with zero attached hydrogens (tertiary/aromatic N) is 1. The van der Waals surface area contributed by atoms with Gasteiger partial charge in [-0.05, 0) is 34.1 Å². The van der Waals surface area contributed by atoms with Crippen molar-refractivity contribution in [3.05, 3.63) is 22.7 Å². The van der Waals surface area contributed by atoms with Crippen molar-refractivity contribution in [2.45, 2.75) is 0 Å². The van der Waals surface area contributed by atoms with E-state index in [0.717, 1.165) is 21.4 Å². The third kappa shape index (κ3) is 2.61. The standard InChI is InChI=1S/C9H11Br2NO/c1-12(6-10)7-3-4-9(13-2)8(11)5-7/h3-5H,6H2,1-2H3. The molecule has 0 aliphatic rings. The fourth-order valence-electron chi connectivity index (χ4n) is 0.962. The summed E-state index contributed by atoms with van der Waals surface area (Å²) in [6.45, 7) is 0. The number of rotatable bonds is 3. The molecule has 0 heterocycles. The quantitative estimate of drug-likeness (QED) is 0.628. The molecule has 0 saturated heterocycles. The van der Waals surface area contributed by atoms with Gasteiger partial charge in [0.05, 0.1) is 17.0 Å². The summed E-state index contributed by atoms with van der Waals surface area (Å²) in [7, 11) is 3.68. The van der Waals surface area contributed by atoms with Gasteiger partial charge < -0.3 is 9.64 Å². The van der Waals surface area contributed by atoms with Crippen molar-refractivity contribution >= 4 is 37.5 Å². The van der Waals surface area contributed by atoms with E-state index in [1.54, 1.807) is 7.11 Å². The van der Waals surface area contributed by atoms with Crippen LogP contribution >= 0.6 is 31.9 Å². The molecular weight excluding hydrogens is 298 g/mol. The molecule has 0 bridgehead atoms. The van der Waals surface area contributed by atoms with Crippen molar-refractivity contribution in [2.75, 3.05) is 24.5 Å². The number of hydrogen-bond donors (Lipinski definition) is 0. The molecule has 0 fully saturated rings. The summed E-state index contributed by atoms with van der Waals surface area (Å²) in [5, 5.41) is 0. The van der Waals surface area contributed by atoms with E-state index < -0.39 is 0 Å². The Kier molecular flexibility index (Phi) is 4.06. The predicted molar refractivity (Wildman–Crippen MR) is 62.9 cm³/mol. The Morgan fingerprint density at radius 3 is 2.62 bits per heavy atom. The third-order valence-electron chi connectivity index (χ3n) is 1.76. The lowest BCUT2D eigenvalue weighted by molar-refractivity contribution is 0.412. The molecule has 0 N–H and O–H groups in total. The van der Waals surface area contributed by atoms with Crippen LogP contribution in [0.4, 0.5) is 5.69 Å². The molecule has 0 atom stereocenters. The molecule has 4 heteroatoms. The van der Waals surface area contributed by atoms with Gasteiger partial charge in [-0.1, -0.05) is 15.9 Å². The number of anilines is 1. The lowest BCUT2D eigenvalue weighted by Gasteiger charge is -2.16. The Morgan fingerprint density at radius 1 is 1.46 bits per heavy atom. The van der Waals surface area contributed by atoms with Crippen LogP contribution in [0.5, 0.6) is 5.75 Å².